The summed E-state index contributed by atoms with van der Waals surface area (Å²) in [5, 5.41) is 24.4. The maximum Gasteiger partial charge on any atom is 0.295 e. The van der Waals surface area contributed by atoms with Gasteiger partial charge >= 0.3 is 0 Å². The van der Waals surface area contributed by atoms with Crippen molar-refractivity contribution in [2.24, 2.45) is 23.7 Å². The summed E-state index contributed by atoms with van der Waals surface area (Å²) in [5.41, 5.74) is 4.77. The van der Waals surface area contributed by atoms with E-state index in [1.807, 2.05) is 76.2 Å². The Kier molecular flexibility index (Phi) is 15.9. The van der Waals surface area contributed by atoms with Gasteiger partial charge in [0.25, 0.3) is 20.2 Å². The van der Waals surface area contributed by atoms with E-state index < -0.39 is 32.4 Å². The molecule has 0 saturated carbocycles. The van der Waals surface area contributed by atoms with Crippen LogP contribution in [-0.4, -0.2) is 108 Å². The molecule has 0 amide bonds. The topological polar surface area (TPSA) is 200 Å². The molecule has 4 bridgehead atoms. The SMILES string of the molecule is C=C[C@H]1CN2CC[C@H]1C[C@H]2[C@H](O)c1ccnc2ccc(OC)cc12.C=C[C@H]1CN2CC[C@H]1C[C@H]2[C@H](O)c1ccnc2ccc(OC)cc12.CC(C)c1cc(S(=O)(=O)O)c2cc(C(C)C)cc(S(=O)(=O)O)c2c1. The van der Waals surface area contributed by atoms with E-state index in [1.165, 1.54) is 37.1 Å². The number of hydrogen-bond acceptors (Lipinski definition) is 12. The molecule has 4 aromatic carbocycles. The number of aliphatic hydroxyl groups excluding tert-OH is 2. The van der Waals surface area contributed by atoms with Crippen molar-refractivity contribution in [1.82, 2.24) is 19.8 Å². The number of benzene rings is 4. The lowest BCUT2D eigenvalue weighted by Gasteiger charge is -2.50. The number of methoxy groups -OCH3 is 2. The Balaban J connectivity index is 0.000000144. The summed E-state index contributed by atoms with van der Waals surface area (Å²) in [6.07, 6.45) is 11.2. The van der Waals surface area contributed by atoms with Crippen LogP contribution in [0, 0.1) is 23.7 Å². The van der Waals surface area contributed by atoms with E-state index in [-0.39, 0.29) is 44.5 Å². The number of fused-ring (bicyclic) bond motifs is 9. The van der Waals surface area contributed by atoms with Crippen molar-refractivity contribution >= 4 is 52.8 Å². The highest BCUT2D eigenvalue weighted by atomic mass is 32.2. The van der Waals surface area contributed by atoms with Crippen molar-refractivity contribution in [3.8, 4) is 11.5 Å². The molecule has 6 saturated heterocycles. The summed E-state index contributed by atoms with van der Waals surface area (Å²) in [5.74, 6) is 3.81. The molecule has 16 heteroatoms. The Hall–Kier alpha value is -5.30. The maximum absolute atomic E-state index is 11.8. The molecule has 0 aliphatic carbocycles. The molecule has 384 valence electrons. The largest absolute Gasteiger partial charge is 0.497 e. The van der Waals surface area contributed by atoms with Gasteiger partial charge in [0, 0.05) is 59.1 Å². The average molecular weight is 1020 g/mol. The zero-order valence-corrected chi connectivity index (χ0v) is 43.6. The van der Waals surface area contributed by atoms with Crippen LogP contribution in [0.3, 0.4) is 0 Å². The number of aliphatic hydroxyl groups is 2. The molecule has 10 atom stereocenters. The molecule has 6 fully saturated rings. The lowest BCUT2D eigenvalue weighted by atomic mass is 9.73. The van der Waals surface area contributed by atoms with Crippen LogP contribution < -0.4 is 9.47 Å². The molecule has 8 heterocycles. The van der Waals surface area contributed by atoms with Gasteiger partial charge in [0.15, 0.2) is 0 Å². The molecule has 6 aliphatic heterocycles. The van der Waals surface area contributed by atoms with E-state index in [4.69, 9.17) is 9.47 Å². The first-order valence-electron chi connectivity index (χ1n) is 24.8. The fraction of sp³-hybridized carbons (Fsp3) is 0.429. The van der Waals surface area contributed by atoms with Crippen LogP contribution in [-0.2, 0) is 20.2 Å². The van der Waals surface area contributed by atoms with Crippen LogP contribution in [0.4, 0.5) is 0 Å². The highest BCUT2D eigenvalue weighted by Crippen LogP contribution is 2.44. The first kappa shape index (κ1) is 53.0. The predicted molar refractivity (Wildman–Crippen MR) is 282 cm³/mol. The Morgan fingerprint density at radius 1 is 0.597 bits per heavy atom. The highest BCUT2D eigenvalue weighted by molar-refractivity contribution is 7.86. The van der Waals surface area contributed by atoms with E-state index in [1.54, 1.807) is 26.6 Å². The number of piperidine rings is 6. The van der Waals surface area contributed by atoms with Crippen molar-refractivity contribution in [2.45, 2.75) is 99.3 Å². The van der Waals surface area contributed by atoms with E-state index in [2.05, 4.69) is 45.1 Å². The zero-order valence-electron chi connectivity index (χ0n) is 41.9. The van der Waals surface area contributed by atoms with Crippen molar-refractivity contribution in [3.05, 3.63) is 133 Å². The second-order valence-electron chi connectivity index (χ2n) is 20.3. The van der Waals surface area contributed by atoms with Gasteiger partial charge in [0.1, 0.15) is 21.3 Å². The first-order chi connectivity index (χ1) is 34.2. The van der Waals surface area contributed by atoms with Crippen LogP contribution >= 0.6 is 0 Å². The van der Waals surface area contributed by atoms with Crippen molar-refractivity contribution < 1.29 is 45.6 Å². The lowest BCUT2D eigenvalue weighted by Crippen LogP contribution is -2.54. The van der Waals surface area contributed by atoms with E-state index in [0.29, 0.717) is 34.8 Å². The smallest absolute Gasteiger partial charge is 0.295 e. The summed E-state index contributed by atoms with van der Waals surface area (Å²) in [6, 6.07) is 21.6. The molecular weight excluding hydrogens is 953 g/mol. The number of pyridine rings is 2. The molecule has 72 heavy (non-hydrogen) atoms. The molecular formula is C56H68N4O10S2. The van der Waals surface area contributed by atoms with Crippen LogP contribution in [0.1, 0.15) is 99.7 Å². The van der Waals surface area contributed by atoms with Gasteiger partial charge in [-0.05, 0) is 169 Å². The molecule has 14 nitrogen and oxygen atoms in total. The van der Waals surface area contributed by atoms with Crippen molar-refractivity contribution in [3.63, 3.8) is 0 Å². The van der Waals surface area contributed by atoms with Gasteiger partial charge in [0.2, 0.25) is 0 Å². The summed E-state index contributed by atoms with van der Waals surface area (Å²) in [6.45, 7) is 19.4. The van der Waals surface area contributed by atoms with Gasteiger partial charge in [-0.1, -0.05) is 39.8 Å². The average Bonchev–Trinajstić information content (AvgIpc) is 3.38. The summed E-state index contributed by atoms with van der Waals surface area (Å²) in [4.78, 5) is 13.0. The standard InChI is InChI=1S/2C20H24N2O2.C16H20O6S2/c2*1-3-13-12-22-9-7-14(13)10-19(22)20(23)16-6-8-21-18-5-4-15(24-2)11-17(16)18;1-9(2)11-5-13-14(15(7-11)23(17,18)19)6-12(10(3)4)8-16(13)24(20,21)22/h2*3-6,8,11,13-14,19-20,23H,1,7,9-10,12H2,2H3;5-10H,1-4H3,(H,17,18,19)(H,20,21,22)/t2*13-,14-,19-,20+;/m00./s1. The first-order valence-corrected chi connectivity index (χ1v) is 27.6. The second kappa shape index (κ2) is 21.7. The van der Waals surface area contributed by atoms with Crippen molar-refractivity contribution in [2.75, 3.05) is 40.4 Å². The fourth-order valence-corrected chi connectivity index (χ4v) is 12.9. The molecule has 2 unspecified atom stereocenters. The summed E-state index contributed by atoms with van der Waals surface area (Å²) >= 11 is 0. The van der Waals surface area contributed by atoms with Crippen LogP contribution in [0.25, 0.3) is 32.6 Å². The fourth-order valence-electron chi connectivity index (χ4n) is 11.4. The van der Waals surface area contributed by atoms with Crippen LogP contribution in [0.5, 0.6) is 11.5 Å². The van der Waals surface area contributed by atoms with Gasteiger partial charge in [-0.3, -0.25) is 28.9 Å². The second-order valence-corrected chi connectivity index (χ2v) is 23.1. The van der Waals surface area contributed by atoms with Gasteiger partial charge in [-0.2, -0.15) is 16.8 Å². The number of hydrogen-bond donors (Lipinski definition) is 4. The van der Waals surface area contributed by atoms with Crippen LogP contribution in [0.15, 0.2) is 120 Å². The third kappa shape index (κ3) is 11.0. The molecule has 6 aromatic rings. The van der Waals surface area contributed by atoms with Crippen LogP contribution in [0.2, 0.25) is 0 Å². The van der Waals surface area contributed by atoms with Crippen molar-refractivity contribution in [1.29, 1.82) is 0 Å². The Bertz CT molecular complexity index is 2990. The number of ether oxygens (including phenoxy) is 2. The molecule has 6 aliphatic rings. The van der Waals surface area contributed by atoms with Gasteiger partial charge < -0.3 is 19.7 Å². The van der Waals surface area contributed by atoms with E-state index in [9.17, 15) is 36.2 Å². The normalized spacial score (nSPS) is 24.6. The van der Waals surface area contributed by atoms with Gasteiger partial charge in [0.05, 0.1) is 37.5 Å². The number of aromatic nitrogens is 2. The third-order valence-electron chi connectivity index (χ3n) is 15.6. The highest BCUT2D eigenvalue weighted by Gasteiger charge is 2.43. The van der Waals surface area contributed by atoms with Gasteiger partial charge in [-0.25, -0.2) is 0 Å². The minimum Gasteiger partial charge on any atom is -0.497 e. The Morgan fingerprint density at radius 3 is 1.29 bits per heavy atom. The quantitative estimate of drug-likeness (QED) is 0.0667. The number of rotatable bonds is 12. The molecule has 2 aromatic heterocycles. The minimum atomic E-state index is -4.57. The maximum atomic E-state index is 11.8. The molecule has 0 radical (unpaired) electrons. The minimum absolute atomic E-state index is 0.0701. The third-order valence-corrected chi connectivity index (χ3v) is 17.4. The summed E-state index contributed by atoms with van der Waals surface area (Å²) in [7, 11) is -5.81. The Labute approximate surface area is 423 Å². The Morgan fingerprint density at radius 2 is 0.986 bits per heavy atom. The van der Waals surface area contributed by atoms with Gasteiger partial charge in [-0.15, -0.1) is 13.2 Å². The zero-order chi connectivity index (χ0) is 51.8. The molecule has 4 N–H and O–H groups in total. The van der Waals surface area contributed by atoms with E-state index in [0.717, 1.165) is 83.5 Å². The molecule has 0 spiro atoms. The molecule has 12 rings (SSSR count). The van der Waals surface area contributed by atoms with E-state index >= 15 is 0 Å². The lowest BCUT2D eigenvalue weighted by molar-refractivity contribution is -0.0445. The summed E-state index contributed by atoms with van der Waals surface area (Å²) < 4.78 is 77.1. The monoisotopic (exact) mass is 1020 g/mol. The number of nitrogens with zero attached hydrogens (tertiary/aromatic N) is 4. The predicted octanol–water partition coefficient (Wildman–Crippen LogP) is 9.93.